The summed E-state index contributed by atoms with van der Waals surface area (Å²) in [7, 11) is 0. The summed E-state index contributed by atoms with van der Waals surface area (Å²) in [5, 5.41) is 7.48. The van der Waals surface area contributed by atoms with Gasteiger partial charge in [-0.25, -0.2) is 9.67 Å². The van der Waals surface area contributed by atoms with Gasteiger partial charge < -0.3 is 15.8 Å². The van der Waals surface area contributed by atoms with Crippen LogP contribution in [0, 0.1) is 0 Å². The summed E-state index contributed by atoms with van der Waals surface area (Å²) in [5.41, 5.74) is 8.10. The number of nitrogens with two attached hydrogens (primary N) is 1. The lowest BCUT2D eigenvalue weighted by atomic mass is 10.2. The van der Waals surface area contributed by atoms with Gasteiger partial charge in [-0.05, 0) is 30.7 Å². The fourth-order valence-electron chi connectivity index (χ4n) is 2.85. The number of ether oxygens (including phenoxy) is 1. The Morgan fingerprint density at radius 2 is 2.08 bits per heavy atom. The Kier molecular flexibility index (Phi) is 6.42. The highest BCUT2D eigenvalue weighted by Crippen LogP contribution is 2.14. The number of benzene rings is 1. The minimum Gasteiger partial charge on any atom is -0.379 e. The van der Waals surface area contributed by atoms with Crippen LogP contribution < -0.4 is 11.1 Å². The standard InChI is InChI=1S/C18H26N6O/c19-18(20-7-3-9-23-11-13-25-14-12-23)21-15-16-5-1-2-6-17(16)24-10-4-8-22-24/h1-2,4-6,8,10H,3,7,9,11-15H2,(H3,19,20,21). The fourth-order valence-corrected chi connectivity index (χ4v) is 2.85. The van der Waals surface area contributed by atoms with Gasteiger partial charge in [0.05, 0.1) is 25.4 Å². The molecular formula is C18H26N6O. The van der Waals surface area contributed by atoms with Crippen molar-refractivity contribution in [3.8, 4) is 5.69 Å². The van der Waals surface area contributed by atoms with Gasteiger partial charge >= 0.3 is 0 Å². The van der Waals surface area contributed by atoms with E-state index in [1.54, 1.807) is 6.20 Å². The van der Waals surface area contributed by atoms with Gasteiger partial charge in [-0.15, -0.1) is 0 Å². The minimum atomic E-state index is 0.484. The molecule has 25 heavy (non-hydrogen) atoms. The second kappa shape index (κ2) is 9.19. The molecule has 1 fully saturated rings. The van der Waals surface area contributed by atoms with Crippen LogP contribution >= 0.6 is 0 Å². The average molecular weight is 342 g/mol. The lowest BCUT2D eigenvalue weighted by Gasteiger charge is -2.26. The zero-order valence-corrected chi connectivity index (χ0v) is 14.5. The Bertz CT molecular complexity index is 664. The van der Waals surface area contributed by atoms with Crippen molar-refractivity contribution < 1.29 is 4.74 Å². The molecule has 3 N–H and O–H groups in total. The fraction of sp³-hybridized carbons (Fsp3) is 0.444. The Morgan fingerprint density at radius 1 is 1.24 bits per heavy atom. The van der Waals surface area contributed by atoms with Crippen molar-refractivity contribution in [3.05, 3.63) is 48.3 Å². The highest BCUT2D eigenvalue weighted by Gasteiger charge is 2.09. The molecule has 3 rings (SSSR count). The van der Waals surface area contributed by atoms with E-state index in [0.29, 0.717) is 12.5 Å². The van der Waals surface area contributed by atoms with Crippen LogP contribution in [0.25, 0.3) is 5.69 Å². The molecule has 0 atom stereocenters. The van der Waals surface area contributed by atoms with Crippen LogP contribution in [0.2, 0.25) is 0 Å². The molecule has 0 aliphatic carbocycles. The number of morpholine rings is 1. The molecule has 1 aromatic heterocycles. The maximum absolute atomic E-state index is 5.99. The van der Waals surface area contributed by atoms with E-state index in [9.17, 15) is 0 Å². The number of hydrogen-bond donors (Lipinski definition) is 2. The molecule has 0 spiro atoms. The number of rotatable bonds is 7. The van der Waals surface area contributed by atoms with E-state index in [-0.39, 0.29) is 0 Å². The van der Waals surface area contributed by atoms with Crippen molar-refractivity contribution in [2.45, 2.75) is 13.0 Å². The first kappa shape index (κ1) is 17.4. The van der Waals surface area contributed by atoms with Crippen molar-refractivity contribution >= 4 is 5.96 Å². The van der Waals surface area contributed by atoms with Crippen molar-refractivity contribution in [2.24, 2.45) is 10.7 Å². The maximum atomic E-state index is 5.99. The van der Waals surface area contributed by atoms with Gasteiger partial charge in [-0.1, -0.05) is 18.2 Å². The van der Waals surface area contributed by atoms with Crippen LogP contribution in [0.3, 0.4) is 0 Å². The third-order valence-electron chi connectivity index (χ3n) is 4.22. The van der Waals surface area contributed by atoms with Gasteiger partial charge in [0.15, 0.2) is 5.96 Å². The summed E-state index contributed by atoms with van der Waals surface area (Å²) in [6.45, 7) is 6.14. The third-order valence-corrected chi connectivity index (χ3v) is 4.22. The van der Waals surface area contributed by atoms with Gasteiger partial charge in [0.25, 0.3) is 0 Å². The number of hydrogen-bond acceptors (Lipinski definition) is 4. The third kappa shape index (κ3) is 5.30. The van der Waals surface area contributed by atoms with Crippen molar-refractivity contribution in [3.63, 3.8) is 0 Å². The predicted octanol–water partition coefficient (Wildman–Crippen LogP) is 0.999. The summed E-state index contributed by atoms with van der Waals surface area (Å²) < 4.78 is 7.20. The molecule has 0 saturated carbocycles. The number of guanidine groups is 1. The molecule has 7 nitrogen and oxygen atoms in total. The van der Waals surface area contributed by atoms with Crippen LogP contribution in [0.5, 0.6) is 0 Å². The molecule has 2 heterocycles. The van der Waals surface area contributed by atoms with E-state index in [0.717, 1.165) is 57.1 Å². The smallest absolute Gasteiger partial charge is 0.188 e. The van der Waals surface area contributed by atoms with Crippen molar-refractivity contribution in [1.82, 2.24) is 20.0 Å². The van der Waals surface area contributed by atoms with Crippen molar-refractivity contribution in [2.75, 3.05) is 39.4 Å². The van der Waals surface area contributed by atoms with Crippen LogP contribution in [0.1, 0.15) is 12.0 Å². The largest absolute Gasteiger partial charge is 0.379 e. The second-order valence-corrected chi connectivity index (χ2v) is 6.02. The molecule has 2 aromatic rings. The first-order chi connectivity index (χ1) is 12.3. The first-order valence-corrected chi connectivity index (χ1v) is 8.75. The molecule has 7 heteroatoms. The van der Waals surface area contributed by atoms with Crippen LogP contribution in [0.15, 0.2) is 47.7 Å². The van der Waals surface area contributed by atoms with Gasteiger partial charge in [0.1, 0.15) is 0 Å². The van der Waals surface area contributed by atoms with Gasteiger partial charge in [0.2, 0.25) is 0 Å². The number of aliphatic imine (C=N–C) groups is 1. The lowest BCUT2D eigenvalue weighted by molar-refractivity contribution is 0.0376. The summed E-state index contributed by atoms with van der Waals surface area (Å²) in [6, 6.07) is 9.99. The van der Waals surface area contributed by atoms with Crippen LogP contribution in [-0.2, 0) is 11.3 Å². The molecule has 1 aliphatic heterocycles. The Morgan fingerprint density at radius 3 is 2.88 bits per heavy atom. The van der Waals surface area contributed by atoms with E-state index < -0.39 is 0 Å². The molecule has 1 saturated heterocycles. The molecule has 0 radical (unpaired) electrons. The van der Waals surface area contributed by atoms with E-state index in [1.807, 2.05) is 41.2 Å². The SMILES string of the molecule is NC(=NCc1ccccc1-n1cccn1)NCCCN1CCOCC1. The Labute approximate surface area is 148 Å². The zero-order chi connectivity index (χ0) is 17.3. The quantitative estimate of drug-likeness (QED) is 0.446. The van der Waals surface area contributed by atoms with E-state index in [1.165, 1.54) is 0 Å². The average Bonchev–Trinajstić information content (AvgIpc) is 3.19. The Hall–Kier alpha value is -2.38. The molecular weight excluding hydrogens is 316 g/mol. The zero-order valence-electron chi connectivity index (χ0n) is 14.5. The topological polar surface area (TPSA) is 80.7 Å². The molecule has 1 aromatic carbocycles. The summed E-state index contributed by atoms with van der Waals surface area (Å²) in [4.78, 5) is 6.87. The normalized spacial score (nSPS) is 16.1. The molecule has 0 bridgehead atoms. The highest BCUT2D eigenvalue weighted by atomic mass is 16.5. The maximum Gasteiger partial charge on any atom is 0.188 e. The minimum absolute atomic E-state index is 0.484. The van der Waals surface area contributed by atoms with E-state index >= 15 is 0 Å². The van der Waals surface area contributed by atoms with E-state index in [4.69, 9.17) is 10.5 Å². The van der Waals surface area contributed by atoms with Crippen molar-refractivity contribution in [1.29, 1.82) is 0 Å². The number of aromatic nitrogens is 2. The summed E-state index contributed by atoms with van der Waals surface area (Å²) in [6.07, 6.45) is 4.74. The molecule has 134 valence electrons. The highest BCUT2D eigenvalue weighted by molar-refractivity contribution is 5.77. The number of nitrogens with zero attached hydrogens (tertiary/aromatic N) is 4. The second-order valence-electron chi connectivity index (χ2n) is 6.02. The van der Waals surface area contributed by atoms with E-state index in [2.05, 4.69) is 20.3 Å². The number of para-hydroxylation sites is 1. The molecule has 0 amide bonds. The van der Waals surface area contributed by atoms with Gasteiger partial charge in [-0.2, -0.15) is 5.10 Å². The monoisotopic (exact) mass is 342 g/mol. The molecule has 1 aliphatic rings. The van der Waals surface area contributed by atoms with Crippen LogP contribution in [0.4, 0.5) is 0 Å². The number of nitrogens with one attached hydrogen (secondary N) is 1. The predicted molar refractivity (Wildman–Crippen MR) is 98.8 cm³/mol. The first-order valence-electron chi connectivity index (χ1n) is 8.75. The summed E-state index contributed by atoms with van der Waals surface area (Å²) in [5.74, 6) is 0.484. The van der Waals surface area contributed by atoms with Crippen LogP contribution in [-0.4, -0.2) is 60.0 Å². The van der Waals surface area contributed by atoms with Gasteiger partial charge in [-0.3, -0.25) is 4.90 Å². The molecule has 0 unspecified atom stereocenters. The lowest BCUT2D eigenvalue weighted by Crippen LogP contribution is -2.39. The van der Waals surface area contributed by atoms with Gasteiger partial charge in [0, 0.05) is 32.0 Å². The Balaban J connectivity index is 1.45. The summed E-state index contributed by atoms with van der Waals surface area (Å²) >= 11 is 0.